The lowest BCUT2D eigenvalue weighted by Crippen LogP contribution is -2.09. The Kier molecular flexibility index (Phi) is 7.15. The highest BCUT2D eigenvalue weighted by atomic mass is 32.2. The summed E-state index contributed by atoms with van der Waals surface area (Å²) in [5.74, 6) is 0.462. The van der Waals surface area contributed by atoms with E-state index in [1.54, 1.807) is 49.4 Å². The van der Waals surface area contributed by atoms with Gasteiger partial charge < -0.3 is 9.15 Å². The molecule has 1 N–H and O–H groups in total. The summed E-state index contributed by atoms with van der Waals surface area (Å²) in [4.78, 5) is 18.4. The van der Waals surface area contributed by atoms with Gasteiger partial charge in [-0.3, -0.25) is 9.52 Å². The van der Waals surface area contributed by atoms with Crippen LogP contribution < -0.4 is 14.9 Å². The van der Waals surface area contributed by atoms with Crippen LogP contribution in [0.1, 0.15) is 16.1 Å². The molecular weight excluding hydrogens is 565 g/mol. The zero-order chi connectivity index (χ0) is 28.7. The Hall–Kier alpha value is -4.16. The number of anilines is 1. The summed E-state index contributed by atoms with van der Waals surface area (Å²) in [7, 11) is -3.42. The fourth-order valence-electron chi connectivity index (χ4n) is 3.97. The molecule has 0 unspecified atom stereocenters. The fraction of sp³-hybridized carbons (Fsp3) is 0.143. The number of nitrogens with one attached hydrogen (secondary N) is 1. The number of alkyl halides is 3. The number of hydrogen-bond acceptors (Lipinski definition) is 7. The first-order chi connectivity index (χ1) is 18.9. The zero-order valence-corrected chi connectivity index (χ0v) is 22.7. The van der Waals surface area contributed by atoms with Crippen LogP contribution in [0.3, 0.4) is 0 Å². The third-order valence-electron chi connectivity index (χ3n) is 5.97. The summed E-state index contributed by atoms with van der Waals surface area (Å²) in [6.07, 6.45) is -2.01. The van der Waals surface area contributed by atoms with Gasteiger partial charge in [-0.25, -0.2) is 13.4 Å². The minimum absolute atomic E-state index is 0.172. The van der Waals surface area contributed by atoms with Crippen LogP contribution in [0, 0.1) is 6.92 Å². The highest BCUT2D eigenvalue weighted by Gasteiger charge is 2.30. The van der Waals surface area contributed by atoms with E-state index in [9.17, 15) is 26.4 Å². The number of benzene rings is 3. The summed E-state index contributed by atoms with van der Waals surface area (Å²) in [6.45, 7) is 1.97. The average Bonchev–Trinajstić information content (AvgIpc) is 3.27. The first-order valence-electron chi connectivity index (χ1n) is 11.8. The normalized spacial score (nSPS) is 12.0. The predicted molar refractivity (Wildman–Crippen MR) is 148 cm³/mol. The van der Waals surface area contributed by atoms with E-state index >= 15 is 0 Å². The topological polar surface area (TPSA) is 98.5 Å². The monoisotopic (exact) mass is 586 g/mol. The van der Waals surface area contributed by atoms with E-state index in [4.69, 9.17) is 9.15 Å². The minimum Gasteiger partial charge on any atom is -0.488 e. The number of fused-ring (bicyclic) bond motifs is 1. The molecule has 0 radical (unpaired) electrons. The third-order valence-corrected chi connectivity index (χ3v) is 7.75. The molecule has 0 aliphatic carbocycles. The number of nitrogens with zero attached hydrogens (tertiary/aromatic N) is 1. The maximum atomic E-state index is 13.1. The molecule has 0 fully saturated rings. The SMILES string of the molecule is Cc1nc(-c2ccc(C(F)(F)F)cc2)sc1COc1ccc2c(=O)c(-c3ccc(NS(C)(=O)=O)cc3)coc2c1. The first-order valence-corrected chi connectivity index (χ1v) is 14.5. The van der Waals surface area contributed by atoms with Gasteiger partial charge >= 0.3 is 6.18 Å². The molecule has 5 aromatic rings. The van der Waals surface area contributed by atoms with Gasteiger partial charge in [-0.2, -0.15) is 13.2 Å². The second-order valence-electron chi connectivity index (χ2n) is 8.98. The van der Waals surface area contributed by atoms with Crippen LogP contribution in [0.25, 0.3) is 32.7 Å². The summed E-state index contributed by atoms with van der Waals surface area (Å²) in [6, 6.07) is 16.1. The molecule has 0 atom stereocenters. The van der Waals surface area contributed by atoms with Gasteiger partial charge in [0.2, 0.25) is 10.0 Å². The Morgan fingerprint density at radius 1 is 1.00 bits per heavy atom. The van der Waals surface area contributed by atoms with E-state index in [0.29, 0.717) is 49.8 Å². The van der Waals surface area contributed by atoms with E-state index in [-0.39, 0.29) is 12.0 Å². The van der Waals surface area contributed by atoms with Crippen molar-refractivity contribution in [3.05, 3.63) is 99.4 Å². The highest BCUT2D eigenvalue weighted by Crippen LogP contribution is 2.33. The maximum Gasteiger partial charge on any atom is 0.416 e. The average molecular weight is 587 g/mol. The van der Waals surface area contributed by atoms with Gasteiger partial charge in [-0.1, -0.05) is 24.3 Å². The van der Waals surface area contributed by atoms with Crippen LogP contribution in [-0.4, -0.2) is 19.7 Å². The molecule has 0 spiro atoms. The molecule has 2 aromatic heterocycles. The van der Waals surface area contributed by atoms with E-state index in [1.807, 2.05) is 0 Å². The molecule has 5 rings (SSSR count). The Morgan fingerprint density at radius 3 is 2.33 bits per heavy atom. The number of thiazole rings is 1. The van der Waals surface area contributed by atoms with Gasteiger partial charge in [0, 0.05) is 17.3 Å². The molecule has 7 nitrogen and oxygen atoms in total. The van der Waals surface area contributed by atoms with Crippen molar-refractivity contribution in [1.82, 2.24) is 4.98 Å². The van der Waals surface area contributed by atoms with E-state index in [2.05, 4.69) is 9.71 Å². The highest BCUT2D eigenvalue weighted by molar-refractivity contribution is 7.92. The molecule has 0 aliphatic heterocycles. The lowest BCUT2D eigenvalue weighted by atomic mass is 10.1. The van der Waals surface area contributed by atoms with Gasteiger partial charge in [0.05, 0.1) is 33.3 Å². The van der Waals surface area contributed by atoms with Crippen molar-refractivity contribution in [2.75, 3.05) is 11.0 Å². The number of aromatic nitrogens is 1. The van der Waals surface area contributed by atoms with Crippen molar-refractivity contribution in [2.24, 2.45) is 0 Å². The van der Waals surface area contributed by atoms with E-state index < -0.39 is 21.8 Å². The molecular formula is C28H21F3N2O5S2. The van der Waals surface area contributed by atoms with Crippen LogP contribution in [0.15, 0.2) is 82.2 Å². The van der Waals surface area contributed by atoms with Gasteiger partial charge in [0.25, 0.3) is 0 Å². The van der Waals surface area contributed by atoms with Crippen LogP contribution >= 0.6 is 11.3 Å². The number of aryl methyl sites for hydroxylation is 1. The molecule has 12 heteroatoms. The van der Waals surface area contributed by atoms with Crippen LogP contribution in [-0.2, 0) is 22.8 Å². The number of halogens is 3. The summed E-state index contributed by atoms with van der Waals surface area (Å²) in [5, 5.41) is 0.934. The number of rotatable bonds is 7. The molecule has 0 bridgehead atoms. The molecule has 40 heavy (non-hydrogen) atoms. The lowest BCUT2D eigenvalue weighted by Gasteiger charge is -2.08. The fourth-order valence-corrected chi connectivity index (χ4v) is 5.51. The number of hydrogen-bond donors (Lipinski definition) is 1. The molecule has 3 aromatic carbocycles. The van der Waals surface area contributed by atoms with Crippen molar-refractivity contribution < 1.29 is 30.7 Å². The second-order valence-corrected chi connectivity index (χ2v) is 11.8. The van der Waals surface area contributed by atoms with Crippen molar-refractivity contribution in [2.45, 2.75) is 19.7 Å². The molecule has 206 valence electrons. The lowest BCUT2D eigenvalue weighted by molar-refractivity contribution is -0.137. The summed E-state index contributed by atoms with van der Waals surface area (Å²) >= 11 is 1.33. The quantitative estimate of drug-likeness (QED) is 0.224. The van der Waals surface area contributed by atoms with Gasteiger partial charge in [-0.05, 0) is 48.9 Å². The predicted octanol–water partition coefficient (Wildman–Crippen LogP) is 6.86. The maximum absolute atomic E-state index is 13.1. The Balaban J connectivity index is 1.31. The Bertz CT molecular complexity index is 1860. The van der Waals surface area contributed by atoms with Gasteiger partial charge in [0.15, 0.2) is 5.43 Å². The zero-order valence-electron chi connectivity index (χ0n) is 21.1. The largest absolute Gasteiger partial charge is 0.488 e. The van der Waals surface area contributed by atoms with Crippen molar-refractivity contribution in [1.29, 1.82) is 0 Å². The van der Waals surface area contributed by atoms with Gasteiger partial charge in [-0.15, -0.1) is 11.3 Å². The second kappa shape index (κ2) is 10.4. The smallest absolute Gasteiger partial charge is 0.416 e. The van der Waals surface area contributed by atoms with Crippen LogP contribution in [0.5, 0.6) is 5.75 Å². The molecule has 0 saturated heterocycles. The van der Waals surface area contributed by atoms with E-state index in [0.717, 1.165) is 23.3 Å². The van der Waals surface area contributed by atoms with Crippen LogP contribution in [0.4, 0.5) is 18.9 Å². The van der Waals surface area contributed by atoms with Crippen molar-refractivity contribution >= 4 is 38.0 Å². The summed E-state index contributed by atoms with van der Waals surface area (Å²) in [5.41, 5.74) is 1.90. The van der Waals surface area contributed by atoms with Crippen molar-refractivity contribution in [3.8, 4) is 27.4 Å². The summed E-state index contributed by atoms with van der Waals surface area (Å²) < 4.78 is 75.4. The Morgan fingerprint density at radius 2 is 1.68 bits per heavy atom. The molecule has 0 saturated carbocycles. The molecule has 0 aliphatic rings. The first kappa shape index (κ1) is 27.4. The van der Waals surface area contributed by atoms with E-state index in [1.165, 1.54) is 29.7 Å². The van der Waals surface area contributed by atoms with Crippen LogP contribution in [0.2, 0.25) is 0 Å². The van der Waals surface area contributed by atoms with Crippen molar-refractivity contribution in [3.63, 3.8) is 0 Å². The third kappa shape index (κ3) is 6.02. The Labute approximate surface area is 230 Å². The minimum atomic E-state index is -4.40. The number of ether oxygens (including phenoxy) is 1. The number of sulfonamides is 1. The standard InChI is InChI=1S/C28H21F3N2O5S2/c1-16-25(39-27(32-16)18-3-7-19(8-4-18)28(29,30)31)15-37-21-11-12-22-24(13-21)38-14-23(26(22)34)17-5-9-20(10-6-17)33-40(2,35)36/h3-14,33H,15H2,1-2H3. The molecule has 0 amide bonds. The molecule has 2 heterocycles. The van der Waals surface area contributed by atoms with Gasteiger partial charge in [0.1, 0.15) is 29.2 Å².